The number of Topliss-reactive ketones (excluding diaryl/α,β-unsaturated/α-hetero) is 1. The Kier molecular flexibility index (Phi) is 6.06. The predicted octanol–water partition coefficient (Wildman–Crippen LogP) is 2.06. The van der Waals surface area contributed by atoms with Crippen molar-refractivity contribution in [1.82, 2.24) is 0 Å². The highest BCUT2D eigenvalue weighted by Crippen LogP contribution is 2.68. The lowest BCUT2D eigenvalue weighted by atomic mass is 9.45. The Morgan fingerprint density at radius 1 is 1.06 bits per heavy atom. The molecule has 4 aliphatic rings. The molecule has 0 aromatic carbocycles. The Hall–Kier alpha value is -1.12. The van der Waals surface area contributed by atoms with Gasteiger partial charge in [0.05, 0.1) is 23.4 Å². The molecule has 4 rings (SSSR count). The molecular formula is C27H42O7. The fraction of sp³-hybridized carbons (Fsp3) is 0.852. The molecule has 0 aromatic heterocycles. The third kappa shape index (κ3) is 3.65. The maximum Gasteiger partial charge on any atom is 0.164 e. The van der Waals surface area contributed by atoms with Gasteiger partial charge in [-0.1, -0.05) is 13.8 Å². The lowest BCUT2D eigenvalue weighted by Gasteiger charge is -2.60. The molecule has 0 aromatic rings. The number of fused-ring (bicyclic) bond motifs is 5. The Morgan fingerprint density at radius 2 is 1.71 bits per heavy atom. The van der Waals surface area contributed by atoms with Crippen molar-refractivity contribution in [3.8, 4) is 0 Å². The van der Waals surface area contributed by atoms with Crippen molar-refractivity contribution in [3.63, 3.8) is 0 Å². The first-order valence-electron chi connectivity index (χ1n) is 12.8. The van der Waals surface area contributed by atoms with Gasteiger partial charge in [0.2, 0.25) is 0 Å². The fourth-order valence-electron chi connectivity index (χ4n) is 8.14. The summed E-state index contributed by atoms with van der Waals surface area (Å²) >= 11 is 0. The first-order valence-corrected chi connectivity index (χ1v) is 12.8. The van der Waals surface area contributed by atoms with Crippen LogP contribution < -0.4 is 0 Å². The van der Waals surface area contributed by atoms with E-state index >= 15 is 0 Å². The molecule has 0 bridgehead atoms. The number of hydrogen-bond donors (Lipinski definition) is 5. The summed E-state index contributed by atoms with van der Waals surface area (Å²) in [4.78, 5) is 26.3. The zero-order valence-corrected chi connectivity index (χ0v) is 21.2. The predicted molar refractivity (Wildman–Crippen MR) is 126 cm³/mol. The van der Waals surface area contributed by atoms with Gasteiger partial charge in [-0.2, -0.15) is 0 Å². The van der Waals surface area contributed by atoms with Crippen molar-refractivity contribution in [1.29, 1.82) is 0 Å². The molecular weight excluding hydrogens is 436 g/mol. The van der Waals surface area contributed by atoms with Gasteiger partial charge in [0.1, 0.15) is 5.60 Å². The zero-order chi connectivity index (χ0) is 25.5. The minimum absolute atomic E-state index is 0.0469. The van der Waals surface area contributed by atoms with E-state index in [1.165, 1.54) is 6.92 Å². The van der Waals surface area contributed by atoms with Crippen LogP contribution in [-0.4, -0.2) is 66.1 Å². The number of rotatable bonds is 5. The molecule has 3 saturated carbocycles. The first-order chi connectivity index (χ1) is 15.5. The molecule has 5 N–H and O–H groups in total. The molecule has 34 heavy (non-hydrogen) atoms. The van der Waals surface area contributed by atoms with Crippen LogP contribution in [0.2, 0.25) is 0 Å². The largest absolute Gasteiger partial charge is 0.390 e. The van der Waals surface area contributed by atoms with E-state index in [2.05, 4.69) is 0 Å². The monoisotopic (exact) mass is 478 g/mol. The van der Waals surface area contributed by atoms with Gasteiger partial charge < -0.3 is 25.5 Å². The van der Waals surface area contributed by atoms with Gasteiger partial charge in [0.15, 0.2) is 11.6 Å². The maximum absolute atomic E-state index is 13.2. The standard InChI is InChI=1S/C27H42O7/c1-23(2,32)9-8-22(31)26(5,33)21-7-11-27(34)16-12-18(28)17-13-19(29)20(30)14-24(17,3)15(16)6-10-25(21,27)4/h12,15,17,19-21,29-30,32-34H,6-11,13-14H2,1-5H3/t15-,17-,19+,20-,21-,24+,25+,26-,27+/m0/s1. The minimum Gasteiger partial charge on any atom is -0.390 e. The lowest BCUT2D eigenvalue weighted by molar-refractivity contribution is -0.167. The molecule has 0 saturated heterocycles. The maximum atomic E-state index is 13.2. The van der Waals surface area contributed by atoms with Gasteiger partial charge in [0, 0.05) is 23.7 Å². The van der Waals surface area contributed by atoms with E-state index in [0.29, 0.717) is 37.7 Å². The van der Waals surface area contributed by atoms with Gasteiger partial charge in [-0.25, -0.2) is 0 Å². The zero-order valence-electron chi connectivity index (χ0n) is 21.2. The van der Waals surface area contributed by atoms with Crippen molar-refractivity contribution in [2.45, 2.75) is 115 Å². The van der Waals surface area contributed by atoms with Crippen LogP contribution in [0.25, 0.3) is 0 Å². The summed E-state index contributed by atoms with van der Waals surface area (Å²) in [5.41, 5.74) is -4.67. The average Bonchev–Trinajstić information content (AvgIpc) is 3.00. The van der Waals surface area contributed by atoms with E-state index in [1.54, 1.807) is 19.9 Å². The van der Waals surface area contributed by atoms with Gasteiger partial charge in [-0.15, -0.1) is 0 Å². The smallest absolute Gasteiger partial charge is 0.164 e. The summed E-state index contributed by atoms with van der Waals surface area (Å²) in [5.74, 6) is -1.44. The molecule has 7 nitrogen and oxygen atoms in total. The van der Waals surface area contributed by atoms with Gasteiger partial charge >= 0.3 is 0 Å². The number of allylic oxidation sites excluding steroid dienone is 1. The minimum atomic E-state index is -1.66. The van der Waals surface area contributed by atoms with Gasteiger partial charge in [0.25, 0.3) is 0 Å². The Morgan fingerprint density at radius 3 is 2.32 bits per heavy atom. The summed E-state index contributed by atoms with van der Waals surface area (Å²) in [6, 6.07) is 0. The molecule has 3 fully saturated rings. The van der Waals surface area contributed by atoms with Crippen LogP contribution in [0.5, 0.6) is 0 Å². The van der Waals surface area contributed by atoms with Crippen LogP contribution in [0.15, 0.2) is 11.6 Å². The van der Waals surface area contributed by atoms with E-state index in [0.717, 1.165) is 0 Å². The molecule has 0 spiro atoms. The number of ketones is 2. The summed E-state index contributed by atoms with van der Waals surface area (Å²) < 4.78 is 0. The molecule has 4 aliphatic carbocycles. The van der Waals surface area contributed by atoms with Crippen molar-refractivity contribution >= 4 is 11.6 Å². The second-order valence-corrected chi connectivity index (χ2v) is 13.0. The summed E-state index contributed by atoms with van der Waals surface area (Å²) in [5, 5.41) is 54.3. The first kappa shape index (κ1) is 26.0. The van der Waals surface area contributed by atoms with Crippen molar-refractivity contribution in [2.75, 3.05) is 0 Å². The van der Waals surface area contributed by atoms with Crippen LogP contribution in [-0.2, 0) is 9.59 Å². The van der Waals surface area contributed by atoms with Crippen molar-refractivity contribution < 1.29 is 35.1 Å². The molecule has 0 aliphatic heterocycles. The molecule has 9 atom stereocenters. The van der Waals surface area contributed by atoms with Crippen LogP contribution in [0.4, 0.5) is 0 Å². The SMILES string of the molecule is CC(C)(O)CCC(=O)[C@@](C)(O)[C@H]1CC[C@@]2(O)C3=CC(=O)[C@@H]4C[C@@H](O)[C@@H](O)C[C@]4(C)[C@H]3CC[C@]12C. The van der Waals surface area contributed by atoms with Crippen LogP contribution in [0.1, 0.15) is 86.0 Å². The quantitative estimate of drug-likeness (QED) is 0.408. The molecule has 0 amide bonds. The van der Waals surface area contributed by atoms with Crippen LogP contribution in [0, 0.1) is 28.6 Å². The summed E-state index contributed by atoms with van der Waals surface area (Å²) in [7, 11) is 0. The highest BCUT2D eigenvalue weighted by atomic mass is 16.3. The van der Waals surface area contributed by atoms with E-state index in [4.69, 9.17) is 0 Å². The normalized spacial score (nSPS) is 46.1. The fourth-order valence-corrected chi connectivity index (χ4v) is 8.14. The molecule has 192 valence electrons. The van der Waals surface area contributed by atoms with Crippen LogP contribution >= 0.6 is 0 Å². The highest BCUT2D eigenvalue weighted by molar-refractivity contribution is 5.95. The number of hydrogen-bond acceptors (Lipinski definition) is 7. The number of aliphatic hydroxyl groups excluding tert-OH is 2. The number of carbonyl (C=O) groups excluding carboxylic acids is 2. The molecule has 7 heteroatoms. The Bertz CT molecular complexity index is 901. The third-order valence-electron chi connectivity index (χ3n) is 10.3. The van der Waals surface area contributed by atoms with Gasteiger partial charge in [-0.05, 0) is 88.7 Å². The molecule has 0 radical (unpaired) electrons. The topological polar surface area (TPSA) is 135 Å². The second-order valence-electron chi connectivity index (χ2n) is 13.0. The average molecular weight is 479 g/mol. The van der Waals surface area contributed by atoms with E-state index in [1.807, 2.05) is 13.8 Å². The summed E-state index contributed by atoms with van der Waals surface area (Å²) in [6.07, 6.45) is 2.63. The van der Waals surface area contributed by atoms with E-state index < -0.39 is 51.7 Å². The third-order valence-corrected chi connectivity index (χ3v) is 10.3. The molecule has 0 unspecified atom stereocenters. The van der Waals surface area contributed by atoms with Crippen molar-refractivity contribution in [3.05, 3.63) is 11.6 Å². The van der Waals surface area contributed by atoms with Crippen molar-refractivity contribution in [2.24, 2.45) is 28.6 Å². The number of carbonyl (C=O) groups is 2. The highest BCUT2D eigenvalue weighted by Gasteiger charge is 2.69. The molecule has 0 heterocycles. The Balaban J connectivity index is 1.67. The van der Waals surface area contributed by atoms with E-state index in [-0.39, 0.29) is 36.7 Å². The lowest BCUT2D eigenvalue weighted by Crippen LogP contribution is -2.62. The number of aliphatic hydroxyl groups is 5. The van der Waals surface area contributed by atoms with Gasteiger partial charge in [-0.3, -0.25) is 9.59 Å². The van der Waals surface area contributed by atoms with Crippen LogP contribution in [0.3, 0.4) is 0 Å². The van der Waals surface area contributed by atoms with E-state index in [9.17, 15) is 35.1 Å². The Labute approximate surface area is 202 Å². The summed E-state index contributed by atoms with van der Waals surface area (Å²) in [6.45, 7) is 8.72. The second kappa shape index (κ2) is 7.94.